The fourth-order valence-corrected chi connectivity index (χ4v) is 15.7. The van der Waals surface area contributed by atoms with Gasteiger partial charge in [0.15, 0.2) is 13.9 Å². The highest BCUT2D eigenvalue weighted by Crippen LogP contribution is 2.39. The van der Waals surface area contributed by atoms with Crippen LogP contribution in [0.3, 0.4) is 0 Å². The summed E-state index contributed by atoms with van der Waals surface area (Å²) in [4.78, 5) is 5.67. The number of hydrogen-bond acceptors (Lipinski definition) is 2. The minimum atomic E-state index is -2.85. The number of pyridine rings is 1. The molecule has 0 saturated carbocycles. The van der Waals surface area contributed by atoms with E-state index in [1.165, 1.54) is 20.7 Å². The van der Waals surface area contributed by atoms with Crippen molar-refractivity contribution in [2.45, 2.75) is 0 Å². The molecule has 4 aromatic heterocycles. The first-order valence-electron chi connectivity index (χ1n) is 22.4. The van der Waals surface area contributed by atoms with Gasteiger partial charge in [-0.05, 0) is 57.1 Å². The molecule has 9 aromatic carbocycles. The lowest BCUT2D eigenvalue weighted by atomic mass is 10.1. The van der Waals surface area contributed by atoms with Gasteiger partial charge in [-0.25, -0.2) is 4.98 Å². The van der Waals surface area contributed by atoms with Gasteiger partial charge in [-0.15, -0.1) is 0 Å². The van der Waals surface area contributed by atoms with E-state index in [-0.39, 0.29) is 0 Å². The van der Waals surface area contributed by atoms with Crippen molar-refractivity contribution in [3.05, 3.63) is 242 Å². The maximum atomic E-state index is 11.5. The molecular weight excluding hydrogens is 819 g/mol. The summed E-state index contributed by atoms with van der Waals surface area (Å²) in [6.45, 7) is 0. The third-order valence-corrected chi connectivity index (χ3v) is 18.4. The zero-order valence-corrected chi connectivity index (χ0v) is 36.8. The Bertz CT molecular complexity index is 3730. The second kappa shape index (κ2) is 14.9. The number of nitriles is 1. The van der Waals surface area contributed by atoms with Gasteiger partial charge in [0.1, 0.15) is 17.5 Å². The highest BCUT2D eigenvalue weighted by Gasteiger charge is 2.41. The summed E-state index contributed by atoms with van der Waals surface area (Å²) < 4.78 is 6.76. The van der Waals surface area contributed by atoms with Crippen LogP contribution in [0, 0.1) is 11.3 Å². The molecule has 0 radical (unpaired) electrons. The lowest BCUT2D eigenvalue weighted by Gasteiger charge is -2.34. The first-order chi connectivity index (χ1) is 32.7. The first kappa shape index (κ1) is 37.8. The molecule has 0 atom stereocenters. The molecule has 0 aliphatic heterocycles. The second-order valence-electron chi connectivity index (χ2n) is 17.0. The summed E-state index contributed by atoms with van der Waals surface area (Å²) in [5, 5.41) is 23.5. The number of para-hydroxylation sites is 5. The van der Waals surface area contributed by atoms with Gasteiger partial charge in [-0.2, -0.15) is 5.26 Å². The summed E-state index contributed by atoms with van der Waals surface area (Å²) in [6.07, 6.45) is 0. The lowest BCUT2D eigenvalue weighted by molar-refractivity contribution is 0.989. The topological polar surface area (TPSA) is 51.5 Å². The molecule has 66 heavy (non-hydrogen) atoms. The van der Waals surface area contributed by atoms with E-state index in [0.29, 0.717) is 11.4 Å². The SMILES string of the molecule is N#Cc1c(-n2c3ccccc3c3ccccc32)cc(-n2c3ccccc3c3cc([Si](c4ccccc4)(c4ccccc4)c4ccccc4)ccc32)nc1-n1c2ccccc2c2ccccc21. The summed E-state index contributed by atoms with van der Waals surface area (Å²) in [7, 11) is -2.85. The molecule has 13 rings (SSSR count). The highest BCUT2D eigenvalue weighted by molar-refractivity contribution is 7.20. The van der Waals surface area contributed by atoms with Crippen molar-refractivity contribution in [1.82, 2.24) is 18.7 Å². The van der Waals surface area contributed by atoms with Crippen molar-refractivity contribution >= 4 is 94.2 Å². The molecule has 0 bridgehead atoms. The molecule has 13 aromatic rings. The number of rotatable bonds is 7. The first-order valence-corrected chi connectivity index (χ1v) is 24.4. The largest absolute Gasteiger partial charge is 0.308 e. The van der Waals surface area contributed by atoms with E-state index in [2.05, 4.69) is 256 Å². The maximum absolute atomic E-state index is 11.5. The minimum Gasteiger partial charge on any atom is -0.308 e. The molecule has 0 fully saturated rings. The van der Waals surface area contributed by atoms with Gasteiger partial charge in [0.05, 0.1) is 38.8 Å². The van der Waals surface area contributed by atoms with E-state index in [1.54, 1.807) is 0 Å². The number of nitrogens with zero attached hydrogens (tertiary/aromatic N) is 5. The van der Waals surface area contributed by atoms with Crippen molar-refractivity contribution < 1.29 is 0 Å². The average molecular weight is 858 g/mol. The smallest absolute Gasteiger partial charge is 0.179 e. The van der Waals surface area contributed by atoms with Crippen molar-refractivity contribution in [3.8, 4) is 23.4 Å². The summed E-state index contributed by atoms with van der Waals surface area (Å²) in [5.74, 6) is 1.30. The lowest BCUT2D eigenvalue weighted by Crippen LogP contribution is -2.74. The monoisotopic (exact) mass is 857 g/mol. The van der Waals surface area contributed by atoms with Gasteiger partial charge >= 0.3 is 0 Å². The summed E-state index contributed by atoms with van der Waals surface area (Å²) in [5.41, 5.74) is 7.36. The van der Waals surface area contributed by atoms with E-state index >= 15 is 0 Å². The fraction of sp³-hybridized carbons (Fsp3) is 0. The molecule has 0 unspecified atom stereocenters. The zero-order valence-electron chi connectivity index (χ0n) is 35.8. The van der Waals surface area contributed by atoms with Gasteiger partial charge in [0, 0.05) is 38.4 Å². The Hall–Kier alpha value is -8.76. The van der Waals surface area contributed by atoms with Gasteiger partial charge in [-0.1, -0.05) is 194 Å². The van der Waals surface area contributed by atoms with E-state index in [9.17, 15) is 5.26 Å². The average Bonchev–Trinajstić information content (AvgIpc) is 4.03. The van der Waals surface area contributed by atoms with E-state index in [4.69, 9.17) is 4.98 Å². The van der Waals surface area contributed by atoms with Gasteiger partial charge in [-0.3, -0.25) is 9.13 Å². The normalized spacial score (nSPS) is 11.9. The zero-order chi connectivity index (χ0) is 43.8. The van der Waals surface area contributed by atoms with Crippen molar-refractivity contribution in [3.63, 3.8) is 0 Å². The van der Waals surface area contributed by atoms with E-state index in [0.717, 1.165) is 76.9 Å². The Kier molecular flexibility index (Phi) is 8.54. The molecule has 6 heteroatoms. The van der Waals surface area contributed by atoms with E-state index < -0.39 is 8.07 Å². The van der Waals surface area contributed by atoms with Crippen LogP contribution in [0.1, 0.15) is 5.56 Å². The van der Waals surface area contributed by atoms with Crippen LogP contribution in [0.15, 0.2) is 237 Å². The molecule has 0 aliphatic rings. The standard InChI is InChI=1S/C60H39N5Si/c61-40-51-58(63-52-31-15-10-26-45(52)46-27-11-16-32-53(46)63)39-59(62-60(51)65-55-34-18-12-28-47(55)48-29-13-19-35-56(48)65)64-54-33-17-14-30-49(54)50-38-44(36-37-57(50)64)66(41-20-4-1-5-21-41,42-22-6-2-7-23-42)43-24-8-3-9-25-43/h1-39H. The molecule has 0 aliphatic carbocycles. The molecule has 0 spiro atoms. The van der Waals surface area contributed by atoms with Crippen LogP contribution in [0.5, 0.6) is 0 Å². The third kappa shape index (κ3) is 5.41. The Balaban J connectivity index is 1.16. The van der Waals surface area contributed by atoms with Crippen LogP contribution in [0.4, 0.5) is 0 Å². The van der Waals surface area contributed by atoms with Crippen LogP contribution >= 0.6 is 0 Å². The Morgan fingerprint density at radius 3 is 1.14 bits per heavy atom. The van der Waals surface area contributed by atoms with Crippen LogP contribution in [0.2, 0.25) is 0 Å². The van der Waals surface area contributed by atoms with Crippen LogP contribution in [0.25, 0.3) is 82.7 Å². The van der Waals surface area contributed by atoms with Crippen LogP contribution in [-0.4, -0.2) is 26.8 Å². The summed E-state index contributed by atoms with van der Waals surface area (Å²) in [6, 6.07) is 87.8. The van der Waals surface area contributed by atoms with Crippen LogP contribution < -0.4 is 20.7 Å². The van der Waals surface area contributed by atoms with Gasteiger partial charge in [0.25, 0.3) is 0 Å². The van der Waals surface area contributed by atoms with Crippen molar-refractivity contribution in [2.75, 3.05) is 0 Å². The van der Waals surface area contributed by atoms with Gasteiger partial charge in [0.2, 0.25) is 0 Å². The molecular formula is C60H39N5Si. The number of benzene rings is 9. The van der Waals surface area contributed by atoms with Gasteiger partial charge < -0.3 is 4.57 Å². The van der Waals surface area contributed by atoms with Crippen LogP contribution in [-0.2, 0) is 0 Å². The predicted molar refractivity (Wildman–Crippen MR) is 276 cm³/mol. The third-order valence-electron chi connectivity index (χ3n) is 13.6. The van der Waals surface area contributed by atoms with E-state index in [1.807, 2.05) is 0 Å². The minimum absolute atomic E-state index is 0.490. The predicted octanol–water partition coefficient (Wildman–Crippen LogP) is 11.6. The Labute approximate surface area is 381 Å². The molecule has 5 nitrogen and oxygen atoms in total. The molecule has 0 amide bonds. The molecule has 0 N–H and O–H groups in total. The molecule has 308 valence electrons. The fourth-order valence-electron chi connectivity index (χ4n) is 10.9. The van der Waals surface area contributed by atoms with Crippen molar-refractivity contribution in [2.24, 2.45) is 0 Å². The summed E-state index contributed by atoms with van der Waals surface area (Å²) >= 11 is 0. The second-order valence-corrected chi connectivity index (χ2v) is 20.8. The highest BCUT2D eigenvalue weighted by atomic mass is 28.3. The molecule has 4 heterocycles. The molecule has 0 saturated heterocycles. The maximum Gasteiger partial charge on any atom is 0.179 e. The Morgan fingerprint density at radius 1 is 0.333 bits per heavy atom. The van der Waals surface area contributed by atoms with Crippen molar-refractivity contribution in [1.29, 1.82) is 5.26 Å². The number of fused-ring (bicyclic) bond motifs is 9. The quantitative estimate of drug-likeness (QED) is 0.118. The Morgan fingerprint density at radius 2 is 0.697 bits per heavy atom. The number of aromatic nitrogens is 4. The number of hydrogen-bond donors (Lipinski definition) is 0.